The van der Waals surface area contributed by atoms with Gasteiger partial charge in [-0.3, -0.25) is 4.98 Å². The standard InChI is InChI=1S/C12H12ClN3/c1-16(9-10-4-2-6-14-8-10)12-11(13)5-3-7-15-12/h2-8H,9H2,1H3. The van der Waals surface area contributed by atoms with Crippen LogP contribution in [0.5, 0.6) is 0 Å². The van der Waals surface area contributed by atoms with Gasteiger partial charge in [0.25, 0.3) is 0 Å². The molecular formula is C12H12ClN3. The Morgan fingerprint density at radius 3 is 2.75 bits per heavy atom. The lowest BCUT2D eigenvalue weighted by atomic mass is 10.2. The van der Waals surface area contributed by atoms with Crippen LogP contribution in [-0.4, -0.2) is 17.0 Å². The molecule has 0 unspecified atom stereocenters. The van der Waals surface area contributed by atoms with Crippen LogP contribution in [0.2, 0.25) is 5.02 Å². The number of hydrogen-bond acceptors (Lipinski definition) is 3. The Morgan fingerprint density at radius 1 is 1.25 bits per heavy atom. The molecule has 2 rings (SSSR count). The molecule has 0 aliphatic rings. The first-order valence-corrected chi connectivity index (χ1v) is 5.36. The minimum absolute atomic E-state index is 0.661. The number of halogens is 1. The zero-order valence-corrected chi connectivity index (χ0v) is 9.72. The summed E-state index contributed by atoms with van der Waals surface area (Å²) in [5.74, 6) is 0.785. The number of aromatic nitrogens is 2. The van der Waals surface area contributed by atoms with E-state index in [1.807, 2.05) is 42.4 Å². The number of pyridine rings is 2. The quantitative estimate of drug-likeness (QED) is 0.816. The van der Waals surface area contributed by atoms with Gasteiger partial charge in [-0.25, -0.2) is 4.98 Å². The van der Waals surface area contributed by atoms with Crippen molar-refractivity contribution in [1.29, 1.82) is 0 Å². The fourth-order valence-electron chi connectivity index (χ4n) is 1.50. The van der Waals surface area contributed by atoms with Crippen LogP contribution in [0.1, 0.15) is 5.56 Å². The van der Waals surface area contributed by atoms with E-state index in [4.69, 9.17) is 11.6 Å². The lowest BCUT2D eigenvalue weighted by Crippen LogP contribution is -2.18. The Hall–Kier alpha value is -1.61. The molecule has 2 heterocycles. The predicted octanol–water partition coefficient (Wildman–Crippen LogP) is 2.77. The maximum atomic E-state index is 6.07. The van der Waals surface area contributed by atoms with Crippen LogP contribution in [0, 0.1) is 0 Å². The molecule has 0 N–H and O–H groups in total. The van der Waals surface area contributed by atoms with Crippen molar-refractivity contribution in [2.45, 2.75) is 6.54 Å². The first-order chi connectivity index (χ1) is 7.77. The van der Waals surface area contributed by atoms with Crippen LogP contribution in [0.15, 0.2) is 42.9 Å². The molecule has 0 fully saturated rings. The molecule has 0 aliphatic carbocycles. The van der Waals surface area contributed by atoms with Crippen molar-refractivity contribution in [3.63, 3.8) is 0 Å². The fourth-order valence-corrected chi connectivity index (χ4v) is 1.76. The third kappa shape index (κ3) is 2.49. The highest BCUT2D eigenvalue weighted by atomic mass is 35.5. The van der Waals surface area contributed by atoms with Crippen LogP contribution < -0.4 is 4.90 Å². The summed E-state index contributed by atoms with van der Waals surface area (Å²) in [6, 6.07) is 7.61. The SMILES string of the molecule is CN(Cc1cccnc1)c1ncccc1Cl. The monoisotopic (exact) mass is 233 g/mol. The van der Waals surface area contributed by atoms with Crippen LogP contribution in [0.4, 0.5) is 5.82 Å². The highest BCUT2D eigenvalue weighted by Crippen LogP contribution is 2.22. The van der Waals surface area contributed by atoms with Gasteiger partial charge in [0.15, 0.2) is 0 Å². The molecule has 0 saturated carbocycles. The second-order valence-corrected chi connectivity index (χ2v) is 3.93. The Balaban J connectivity index is 2.15. The van der Waals surface area contributed by atoms with Crippen LogP contribution in [0.25, 0.3) is 0 Å². The fraction of sp³-hybridized carbons (Fsp3) is 0.167. The van der Waals surface area contributed by atoms with Gasteiger partial charge in [0.1, 0.15) is 5.82 Å². The van der Waals surface area contributed by atoms with Gasteiger partial charge in [-0.15, -0.1) is 0 Å². The highest BCUT2D eigenvalue weighted by Gasteiger charge is 2.06. The summed E-state index contributed by atoms with van der Waals surface area (Å²) < 4.78 is 0. The van der Waals surface area contributed by atoms with E-state index < -0.39 is 0 Å². The molecule has 3 nitrogen and oxygen atoms in total. The molecule has 82 valence electrons. The maximum Gasteiger partial charge on any atom is 0.147 e. The van der Waals surface area contributed by atoms with Gasteiger partial charge in [0.05, 0.1) is 5.02 Å². The van der Waals surface area contributed by atoms with Crippen molar-refractivity contribution in [3.05, 3.63) is 53.4 Å². The molecule has 0 amide bonds. The van der Waals surface area contributed by atoms with E-state index in [0.29, 0.717) is 5.02 Å². The lowest BCUT2D eigenvalue weighted by molar-refractivity contribution is 0.892. The third-order valence-electron chi connectivity index (χ3n) is 2.24. The second-order valence-electron chi connectivity index (χ2n) is 3.53. The van der Waals surface area contributed by atoms with Crippen LogP contribution in [0.3, 0.4) is 0 Å². The first-order valence-electron chi connectivity index (χ1n) is 4.98. The molecule has 0 aliphatic heterocycles. The van der Waals surface area contributed by atoms with E-state index in [2.05, 4.69) is 9.97 Å². The summed E-state index contributed by atoms with van der Waals surface area (Å²) in [7, 11) is 1.96. The van der Waals surface area contributed by atoms with E-state index >= 15 is 0 Å². The summed E-state index contributed by atoms with van der Waals surface area (Å²) in [5, 5.41) is 0.661. The Labute approximate surface area is 99.7 Å². The number of anilines is 1. The van der Waals surface area contributed by atoms with Crippen molar-refractivity contribution in [3.8, 4) is 0 Å². The summed E-state index contributed by atoms with van der Waals surface area (Å²) in [6.07, 6.45) is 5.34. The average Bonchev–Trinajstić information content (AvgIpc) is 2.31. The minimum atomic E-state index is 0.661. The topological polar surface area (TPSA) is 29.0 Å². The molecule has 0 spiro atoms. The van der Waals surface area contributed by atoms with E-state index in [0.717, 1.165) is 17.9 Å². The van der Waals surface area contributed by atoms with Crippen molar-refractivity contribution < 1.29 is 0 Å². The third-order valence-corrected chi connectivity index (χ3v) is 2.54. The smallest absolute Gasteiger partial charge is 0.147 e. The maximum absolute atomic E-state index is 6.07. The molecule has 0 aromatic carbocycles. The van der Waals surface area contributed by atoms with Crippen molar-refractivity contribution in [2.75, 3.05) is 11.9 Å². The minimum Gasteiger partial charge on any atom is -0.354 e. The molecule has 0 saturated heterocycles. The Bertz CT molecular complexity index is 459. The summed E-state index contributed by atoms with van der Waals surface area (Å²) in [5.41, 5.74) is 1.13. The van der Waals surface area contributed by atoms with Gasteiger partial charge in [0, 0.05) is 32.2 Å². The second kappa shape index (κ2) is 4.94. The molecule has 2 aromatic rings. The molecular weight excluding hydrogens is 222 g/mol. The van der Waals surface area contributed by atoms with Crippen LogP contribution in [-0.2, 0) is 6.54 Å². The van der Waals surface area contributed by atoms with E-state index in [-0.39, 0.29) is 0 Å². The Morgan fingerprint density at radius 2 is 2.06 bits per heavy atom. The number of hydrogen-bond donors (Lipinski definition) is 0. The average molecular weight is 234 g/mol. The predicted molar refractivity (Wildman–Crippen MR) is 65.6 cm³/mol. The van der Waals surface area contributed by atoms with Crippen LogP contribution >= 0.6 is 11.6 Å². The van der Waals surface area contributed by atoms with Gasteiger partial charge in [0.2, 0.25) is 0 Å². The first kappa shape index (κ1) is 10.9. The highest BCUT2D eigenvalue weighted by molar-refractivity contribution is 6.32. The van der Waals surface area contributed by atoms with Gasteiger partial charge >= 0.3 is 0 Å². The molecule has 0 atom stereocenters. The zero-order chi connectivity index (χ0) is 11.4. The largest absolute Gasteiger partial charge is 0.354 e. The summed E-state index contributed by atoms with van der Waals surface area (Å²) in [6.45, 7) is 0.741. The molecule has 2 aromatic heterocycles. The number of rotatable bonds is 3. The normalized spacial score (nSPS) is 10.1. The van der Waals surface area contributed by atoms with E-state index in [1.165, 1.54) is 0 Å². The van der Waals surface area contributed by atoms with E-state index in [1.54, 1.807) is 12.4 Å². The van der Waals surface area contributed by atoms with Gasteiger partial charge < -0.3 is 4.90 Å². The van der Waals surface area contributed by atoms with Gasteiger partial charge in [-0.05, 0) is 23.8 Å². The van der Waals surface area contributed by atoms with Crippen molar-refractivity contribution in [1.82, 2.24) is 9.97 Å². The van der Waals surface area contributed by atoms with Crippen molar-refractivity contribution in [2.24, 2.45) is 0 Å². The van der Waals surface area contributed by atoms with Crippen molar-refractivity contribution >= 4 is 17.4 Å². The van der Waals surface area contributed by atoms with Gasteiger partial charge in [-0.2, -0.15) is 0 Å². The van der Waals surface area contributed by atoms with Gasteiger partial charge in [-0.1, -0.05) is 17.7 Å². The number of nitrogens with zero attached hydrogens (tertiary/aromatic N) is 3. The lowest BCUT2D eigenvalue weighted by Gasteiger charge is -2.18. The molecule has 0 bridgehead atoms. The van der Waals surface area contributed by atoms with E-state index in [9.17, 15) is 0 Å². The molecule has 0 radical (unpaired) electrons. The Kier molecular flexibility index (Phi) is 3.37. The zero-order valence-electron chi connectivity index (χ0n) is 8.97. The summed E-state index contributed by atoms with van der Waals surface area (Å²) >= 11 is 6.07. The summed E-state index contributed by atoms with van der Waals surface area (Å²) in [4.78, 5) is 10.3. The molecule has 16 heavy (non-hydrogen) atoms. The molecule has 4 heteroatoms.